The van der Waals surface area contributed by atoms with Gasteiger partial charge < -0.3 is 40.6 Å². The molecule has 4 amide bonds. The van der Waals surface area contributed by atoms with Gasteiger partial charge in [0.1, 0.15) is 11.6 Å². The molecule has 6 atom stereocenters. The third kappa shape index (κ3) is 7.48. The van der Waals surface area contributed by atoms with Crippen LogP contribution in [0, 0.1) is 11.8 Å². The van der Waals surface area contributed by atoms with E-state index in [2.05, 4.69) is 38.8 Å². The number of carboxylic acid groups (broad SMARTS) is 2. The van der Waals surface area contributed by atoms with Crippen LogP contribution in [0.1, 0.15) is 101 Å². The second kappa shape index (κ2) is 16.2. The highest BCUT2D eigenvalue weighted by molar-refractivity contribution is 5.92. The number of carbonyl (C=O) groups is 4. The summed E-state index contributed by atoms with van der Waals surface area (Å²) in [6.45, 7) is 1.19. The van der Waals surface area contributed by atoms with Crippen LogP contribution in [0.25, 0.3) is 33.6 Å². The summed E-state index contributed by atoms with van der Waals surface area (Å²) in [6.07, 6.45) is 10.8. The molecule has 2 saturated heterocycles. The van der Waals surface area contributed by atoms with E-state index < -0.39 is 36.1 Å². The van der Waals surface area contributed by atoms with Gasteiger partial charge >= 0.3 is 12.2 Å². The molecule has 6 N–H and O–H groups in total. The van der Waals surface area contributed by atoms with E-state index in [9.17, 15) is 29.4 Å². The van der Waals surface area contributed by atoms with Crippen molar-refractivity contribution >= 4 is 24.0 Å². The van der Waals surface area contributed by atoms with Gasteiger partial charge in [0, 0.05) is 36.3 Å². The van der Waals surface area contributed by atoms with E-state index in [1.54, 1.807) is 0 Å². The molecule has 2 aliphatic carbocycles. The minimum atomic E-state index is -1.10. The van der Waals surface area contributed by atoms with Crippen molar-refractivity contribution in [3.05, 3.63) is 72.6 Å². The Morgan fingerprint density at radius 1 is 0.589 bits per heavy atom. The zero-order valence-electron chi connectivity index (χ0n) is 31.5. The van der Waals surface area contributed by atoms with Crippen LogP contribution in [0.3, 0.4) is 0 Å². The fourth-order valence-electron chi connectivity index (χ4n) is 9.77. The van der Waals surface area contributed by atoms with E-state index in [1.165, 1.54) is 0 Å². The number of benzene rings is 2. The Morgan fingerprint density at radius 2 is 1.09 bits per heavy atom. The van der Waals surface area contributed by atoms with Crippen LogP contribution in [0.15, 0.2) is 60.9 Å². The second-order valence-corrected chi connectivity index (χ2v) is 15.7. The molecule has 0 radical (unpaired) electrons. The van der Waals surface area contributed by atoms with Gasteiger partial charge in [-0.1, -0.05) is 74.2 Å². The number of hydrogen-bond acceptors (Lipinski definition) is 6. The summed E-state index contributed by atoms with van der Waals surface area (Å²) in [7, 11) is 0. The number of aromatic amines is 2. The number of imidazole rings is 2. The monoisotopic (exact) mass is 762 g/mol. The average Bonchev–Trinajstić information content (AvgIpc) is 4.05. The summed E-state index contributed by atoms with van der Waals surface area (Å²) in [5, 5.41) is 24.1. The van der Waals surface area contributed by atoms with Gasteiger partial charge in [0.2, 0.25) is 11.8 Å². The number of hydrogen-bond donors (Lipinski definition) is 6. The highest BCUT2D eigenvalue weighted by atomic mass is 16.4. The van der Waals surface area contributed by atoms with Gasteiger partial charge in [0.05, 0.1) is 47.7 Å². The summed E-state index contributed by atoms with van der Waals surface area (Å²) in [4.78, 5) is 71.9. The van der Waals surface area contributed by atoms with E-state index in [4.69, 9.17) is 9.97 Å². The van der Waals surface area contributed by atoms with Gasteiger partial charge in [-0.3, -0.25) is 9.59 Å². The summed E-state index contributed by atoms with van der Waals surface area (Å²) in [5.74, 6) is 0.570. The van der Waals surface area contributed by atoms with Crippen molar-refractivity contribution in [2.45, 2.75) is 101 Å². The number of nitrogens with one attached hydrogen (secondary N) is 4. The molecular weight excluding hydrogens is 713 g/mol. The van der Waals surface area contributed by atoms with E-state index in [0.717, 1.165) is 85.0 Å². The highest BCUT2D eigenvalue weighted by Crippen LogP contribution is 2.42. The summed E-state index contributed by atoms with van der Waals surface area (Å²) in [5.41, 5.74) is 5.42. The van der Waals surface area contributed by atoms with Crippen LogP contribution >= 0.6 is 0 Å². The van der Waals surface area contributed by atoms with Gasteiger partial charge in [-0.25, -0.2) is 19.6 Å². The van der Waals surface area contributed by atoms with Crippen molar-refractivity contribution in [2.24, 2.45) is 11.8 Å². The second-order valence-electron chi connectivity index (χ2n) is 15.7. The summed E-state index contributed by atoms with van der Waals surface area (Å²) < 4.78 is 0. The molecule has 8 rings (SSSR count). The Morgan fingerprint density at radius 3 is 1.64 bits per heavy atom. The maximum atomic E-state index is 14.0. The highest BCUT2D eigenvalue weighted by Gasteiger charge is 2.42. The SMILES string of the molecule is O=C(O)N[C@@H]1CCCC[C@H]1C(=O)N1CCC[C@H]1c1ncc(-c2cccc(-c3ccccc3)c2-c2cnc([C@@H]3CCCN3C(=O)[C@@H]3CCCC[C@H]3NC(=O)O)[nH]2)[nH]1. The topological polar surface area (TPSA) is 197 Å². The normalized spacial score (nSPS) is 25.2. The molecular formula is C42H50N8O6. The number of H-pyrrole nitrogens is 2. The smallest absolute Gasteiger partial charge is 0.404 e. The quantitative estimate of drug-likeness (QED) is 0.104. The minimum absolute atomic E-state index is 0.0164. The third-order valence-electron chi connectivity index (χ3n) is 12.4. The maximum absolute atomic E-state index is 14.0. The van der Waals surface area contributed by atoms with Crippen LogP contribution < -0.4 is 10.6 Å². The third-order valence-corrected chi connectivity index (χ3v) is 12.4. The van der Waals surface area contributed by atoms with Gasteiger partial charge in [-0.05, 0) is 62.5 Å². The molecule has 4 heterocycles. The van der Waals surface area contributed by atoms with E-state index in [0.29, 0.717) is 50.4 Å². The fraction of sp³-hybridized carbons (Fsp3) is 0.476. The minimum Gasteiger partial charge on any atom is -0.465 e. The lowest BCUT2D eigenvalue weighted by Crippen LogP contribution is -2.49. The Labute approximate surface area is 325 Å². The Balaban J connectivity index is 1.10. The predicted molar refractivity (Wildman–Crippen MR) is 208 cm³/mol. The summed E-state index contributed by atoms with van der Waals surface area (Å²) in [6, 6.07) is 15.0. The molecule has 14 heteroatoms. The molecule has 4 aromatic rings. The molecule has 14 nitrogen and oxygen atoms in total. The van der Waals surface area contributed by atoms with Gasteiger partial charge in [-0.15, -0.1) is 0 Å². The number of aromatic nitrogens is 4. The van der Waals surface area contributed by atoms with Crippen molar-refractivity contribution in [1.29, 1.82) is 0 Å². The van der Waals surface area contributed by atoms with E-state index >= 15 is 0 Å². The number of carbonyl (C=O) groups excluding carboxylic acids is 2. The Kier molecular flexibility index (Phi) is 10.8. The molecule has 4 aliphatic rings. The number of amides is 4. The van der Waals surface area contributed by atoms with Gasteiger partial charge in [-0.2, -0.15) is 0 Å². The number of likely N-dealkylation sites (tertiary alicyclic amines) is 2. The predicted octanol–water partition coefficient (Wildman–Crippen LogP) is 7.11. The molecule has 0 bridgehead atoms. The van der Waals surface area contributed by atoms with Crippen molar-refractivity contribution in [1.82, 2.24) is 40.4 Å². The van der Waals surface area contributed by atoms with E-state index in [-0.39, 0.29) is 23.9 Å². The standard InChI is InChI=1S/C42H50N8O6/c51-39(28-13-4-6-17-30(28)47-41(53)54)49-21-9-19-34(49)37-43-23-32(45-37)27-16-8-15-26(25-11-2-1-3-12-25)36(27)33-24-44-38(46-33)35-20-10-22-50(35)40(52)29-14-5-7-18-31(29)48-42(55)56/h1-3,8,11-12,15-16,23-24,28-31,34-35,47-48H,4-7,9-10,13-14,17-22H2,(H,43,45)(H,44,46)(H,53,54)(H,55,56)/t28-,29-,30-,31-,34+,35+/m1/s1. The first-order valence-electron chi connectivity index (χ1n) is 20.2. The number of nitrogens with zero attached hydrogens (tertiary/aromatic N) is 4. The van der Waals surface area contributed by atoms with Crippen LogP contribution in [0.2, 0.25) is 0 Å². The van der Waals surface area contributed by atoms with Gasteiger partial charge in [0.15, 0.2) is 0 Å². The van der Waals surface area contributed by atoms with Crippen LogP contribution in [0.5, 0.6) is 0 Å². The zero-order chi connectivity index (χ0) is 38.8. The molecule has 2 saturated carbocycles. The summed E-state index contributed by atoms with van der Waals surface area (Å²) >= 11 is 0. The first-order valence-corrected chi connectivity index (χ1v) is 20.2. The Bertz CT molecular complexity index is 2060. The molecule has 4 fully saturated rings. The van der Waals surface area contributed by atoms with Crippen molar-refractivity contribution in [3.8, 4) is 33.6 Å². The molecule has 2 aliphatic heterocycles. The lowest BCUT2D eigenvalue weighted by molar-refractivity contribution is -0.139. The lowest BCUT2D eigenvalue weighted by atomic mass is 9.83. The zero-order valence-corrected chi connectivity index (χ0v) is 31.5. The van der Waals surface area contributed by atoms with Crippen molar-refractivity contribution in [3.63, 3.8) is 0 Å². The first-order chi connectivity index (χ1) is 27.3. The first kappa shape index (κ1) is 37.3. The van der Waals surface area contributed by atoms with Crippen LogP contribution in [0.4, 0.5) is 9.59 Å². The maximum Gasteiger partial charge on any atom is 0.404 e. The molecule has 0 spiro atoms. The van der Waals surface area contributed by atoms with Crippen LogP contribution in [-0.2, 0) is 9.59 Å². The number of rotatable bonds is 9. The fourth-order valence-corrected chi connectivity index (χ4v) is 9.77. The van der Waals surface area contributed by atoms with Crippen molar-refractivity contribution in [2.75, 3.05) is 13.1 Å². The molecule has 2 aromatic heterocycles. The van der Waals surface area contributed by atoms with E-state index in [1.807, 2.05) is 52.5 Å². The molecule has 0 unspecified atom stereocenters. The van der Waals surface area contributed by atoms with Gasteiger partial charge in [0.25, 0.3) is 0 Å². The largest absolute Gasteiger partial charge is 0.465 e. The molecule has 56 heavy (non-hydrogen) atoms. The molecule has 2 aromatic carbocycles. The Hall–Kier alpha value is -5.66. The lowest BCUT2D eigenvalue weighted by Gasteiger charge is -2.35. The molecule has 294 valence electrons. The van der Waals surface area contributed by atoms with Crippen LogP contribution in [-0.4, -0.2) is 89.1 Å². The van der Waals surface area contributed by atoms with Crippen molar-refractivity contribution < 1.29 is 29.4 Å². The average molecular weight is 763 g/mol.